The third kappa shape index (κ3) is 4.88. The average molecular weight is 321 g/mol. The fraction of sp³-hybridized carbons (Fsp3) is 0.312. The van der Waals surface area contributed by atoms with Gasteiger partial charge in [0.1, 0.15) is 0 Å². The van der Waals surface area contributed by atoms with Gasteiger partial charge >= 0.3 is 0 Å². The van der Waals surface area contributed by atoms with E-state index in [1.165, 1.54) is 5.56 Å². The van der Waals surface area contributed by atoms with Crippen molar-refractivity contribution < 1.29 is 9.90 Å². The summed E-state index contributed by atoms with van der Waals surface area (Å²) in [6.07, 6.45) is 2.21. The largest absolute Gasteiger partial charge is 0.391 e. The lowest BCUT2D eigenvalue weighted by Crippen LogP contribution is -2.32. The number of hydrogen-bond donors (Lipinski definition) is 2. The maximum absolute atomic E-state index is 12.0. The van der Waals surface area contributed by atoms with Gasteiger partial charge in [-0.1, -0.05) is 12.1 Å². The highest BCUT2D eigenvalue weighted by atomic mass is 32.2. The van der Waals surface area contributed by atoms with Gasteiger partial charge < -0.3 is 10.4 Å². The summed E-state index contributed by atoms with van der Waals surface area (Å²) in [5, 5.41) is 16.6. The molecule has 0 saturated carbocycles. The Hall–Kier alpha value is -1.30. The van der Waals surface area contributed by atoms with Gasteiger partial charge in [0, 0.05) is 12.1 Å². The fourth-order valence-electron chi connectivity index (χ4n) is 1.91. The van der Waals surface area contributed by atoms with Crippen molar-refractivity contribution in [3.05, 3.63) is 46.7 Å². The maximum Gasteiger partial charge on any atom is 0.251 e. The molecule has 3 nitrogen and oxygen atoms in total. The molecule has 1 unspecified atom stereocenters. The minimum atomic E-state index is -0.480. The highest BCUT2D eigenvalue weighted by Crippen LogP contribution is 2.22. The quantitative estimate of drug-likeness (QED) is 0.823. The number of thioether (sulfide) groups is 1. The Kier molecular flexibility index (Phi) is 6.29. The van der Waals surface area contributed by atoms with E-state index in [0.717, 1.165) is 11.3 Å². The van der Waals surface area contributed by atoms with Crippen molar-refractivity contribution in [3.8, 4) is 11.1 Å². The van der Waals surface area contributed by atoms with Crippen molar-refractivity contribution in [1.82, 2.24) is 5.32 Å². The van der Waals surface area contributed by atoms with Crippen LogP contribution in [0.3, 0.4) is 0 Å². The van der Waals surface area contributed by atoms with Gasteiger partial charge in [0.15, 0.2) is 0 Å². The van der Waals surface area contributed by atoms with Gasteiger partial charge in [-0.25, -0.2) is 0 Å². The Morgan fingerprint density at radius 2 is 2.05 bits per heavy atom. The molecule has 0 fully saturated rings. The van der Waals surface area contributed by atoms with E-state index >= 15 is 0 Å². The molecular formula is C16H19NO2S2. The molecule has 2 N–H and O–H groups in total. The van der Waals surface area contributed by atoms with Gasteiger partial charge in [-0.3, -0.25) is 4.79 Å². The number of rotatable bonds is 7. The number of benzene rings is 1. The van der Waals surface area contributed by atoms with Crippen LogP contribution in [0, 0.1) is 0 Å². The molecule has 1 atom stereocenters. The summed E-state index contributed by atoms with van der Waals surface area (Å²) >= 11 is 3.34. The summed E-state index contributed by atoms with van der Waals surface area (Å²) in [6, 6.07) is 9.58. The van der Waals surface area contributed by atoms with Gasteiger partial charge in [-0.15, -0.1) is 0 Å². The van der Waals surface area contributed by atoms with E-state index in [0.29, 0.717) is 18.5 Å². The summed E-state index contributed by atoms with van der Waals surface area (Å²) in [5.74, 6) is 0.752. The zero-order chi connectivity index (χ0) is 15.1. The summed E-state index contributed by atoms with van der Waals surface area (Å²) in [5.41, 5.74) is 2.89. The normalized spacial score (nSPS) is 12.1. The molecule has 2 aromatic rings. The van der Waals surface area contributed by atoms with Crippen LogP contribution in [0.4, 0.5) is 0 Å². The van der Waals surface area contributed by atoms with E-state index in [2.05, 4.69) is 16.8 Å². The van der Waals surface area contributed by atoms with Gasteiger partial charge in [-0.05, 0) is 58.5 Å². The first-order valence-electron chi connectivity index (χ1n) is 6.78. The second kappa shape index (κ2) is 8.22. The van der Waals surface area contributed by atoms with Crippen LogP contribution in [0.2, 0.25) is 0 Å². The minimum Gasteiger partial charge on any atom is -0.391 e. The summed E-state index contributed by atoms with van der Waals surface area (Å²) in [4.78, 5) is 12.0. The smallest absolute Gasteiger partial charge is 0.251 e. The highest BCUT2D eigenvalue weighted by molar-refractivity contribution is 7.98. The lowest BCUT2D eigenvalue weighted by Gasteiger charge is -2.11. The van der Waals surface area contributed by atoms with Crippen molar-refractivity contribution in [2.75, 3.05) is 18.6 Å². The molecule has 0 aliphatic carbocycles. The standard InChI is InChI=1S/C16H19NO2S2/c1-20-8-7-15(18)10-17-16(19)13-4-2-12(3-5-13)14-6-9-21-11-14/h2-6,9,11,15,18H,7-8,10H2,1H3,(H,17,19). The molecule has 2 rings (SSSR count). The Bertz CT molecular complexity index is 552. The zero-order valence-corrected chi connectivity index (χ0v) is 13.5. The number of aliphatic hydroxyl groups excluding tert-OH is 1. The number of carbonyl (C=O) groups is 1. The molecule has 0 spiro atoms. The lowest BCUT2D eigenvalue weighted by molar-refractivity contribution is 0.0914. The summed E-state index contributed by atoms with van der Waals surface area (Å²) in [7, 11) is 0. The molecule has 1 amide bonds. The number of carbonyl (C=O) groups excluding carboxylic acids is 1. The van der Waals surface area contributed by atoms with E-state index in [9.17, 15) is 9.90 Å². The Labute approximate surface area is 133 Å². The number of thiophene rings is 1. The molecule has 0 saturated heterocycles. The monoisotopic (exact) mass is 321 g/mol. The molecule has 0 aliphatic rings. The van der Waals surface area contributed by atoms with Gasteiger partial charge in [0.25, 0.3) is 5.91 Å². The number of amides is 1. The second-order valence-corrected chi connectivity index (χ2v) is 6.50. The first kappa shape index (κ1) is 16.1. The van der Waals surface area contributed by atoms with Crippen molar-refractivity contribution in [3.63, 3.8) is 0 Å². The molecule has 5 heteroatoms. The predicted octanol–water partition coefficient (Wildman–Crippen LogP) is 3.26. The highest BCUT2D eigenvalue weighted by Gasteiger charge is 2.09. The molecule has 0 bridgehead atoms. The van der Waals surface area contributed by atoms with E-state index < -0.39 is 6.10 Å². The van der Waals surface area contributed by atoms with E-state index in [-0.39, 0.29) is 5.91 Å². The van der Waals surface area contributed by atoms with Crippen LogP contribution >= 0.6 is 23.1 Å². The van der Waals surface area contributed by atoms with Crippen LogP contribution < -0.4 is 5.32 Å². The maximum atomic E-state index is 12.0. The van der Waals surface area contributed by atoms with E-state index in [1.54, 1.807) is 23.1 Å². The molecular weight excluding hydrogens is 302 g/mol. The van der Waals surface area contributed by atoms with Crippen LogP contribution in [0.5, 0.6) is 0 Å². The van der Waals surface area contributed by atoms with Gasteiger partial charge in [-0.2, -0.15) is 23.1 Å². The first-order valence-corrected chi connectivity index (χ1v) is 9.12. The SMILES string of the molecule is CSCCC(O)CNC(=O)c1ccc(-c2ccsc2)cc1. The van der Waals surface area contributed by atoms with Crippen molar-refractivity contribution >= 4 is 29.0 Å². The second-order valence-electron chi connectivity index (χ2n) is 4.73. The molecule has 112 valence electrons. The molecule has 1 aromatic heterocycles. The van der Waals surface area contributed by atoms with Gasteiger partial charge in [0.05, 0.1) is 6.10 Å². The van der Waals surface area contributed by atoms with Crippen LogP contribution in [-0.2, 0) is 0 Å². The molecule has 0 aliphatic heterocycles. The summed E-state index contributed by atoms with van der Waals surface area (Å²) < 4.78 is 0. The van der Waals surface area contributed by atoms with Crippen LogP contribution in [0.25, 0.3) is 11.1 Å². The molecule has 1 heterocycles. The molecule has 21 heavy (non-hydrogen) atoms. The molecule has 1 aromatic carbocycles. The third-order valence-corrected chi connectivity index (χ3v) is 4.48. The topological polar surface area (TPSA) is 49.3 Å². The van der Waals surface area contributed by atoms with Gasteiger partial charge in [0.2, 0.25) is 0 Å². The van der Waals surface area contributed by atoms with Crippen LogP contribution in [-0.4, -0.2) is 35.7 Å². The van der Waals surface area contributed by atoms with Crippen molar-refractivity contribution in [2.45, 2.75) is 12.5 Å². The lowest BCUT2D eigenvalue weighted by atomic mass is 10.1. The number of hydrogen-bond acceptors (Lipinski definition) is 4. The predicted molar refractivity (Wildman–Crippen MR) is 91.1 cm³/mol. The fourth-order valence-corrected chi connectivity index (χ4v) is 3.08. The van der Waals surface area contributed by atoms with E-state index in [4.69, 9.17) is 0 Å². The number of nitrogens with one attached hydrogen (secondary N) is 1. The van der Waals surface area contributed by atoms with Crippen molar-refractivity contribution in [1.29, 1.82) is 0 Å². The van der Waals surface area contributed by atoms with E-state index in [1.807, 2.05) is 35.9 Å². The number of aliphatic hydroxyl groups is 1. The zero-order valence-electron chi connectivity index (χ0n) is 11.9. The molecule has 0 radical (unpaired) electrons. The first-order chi connectivity index (χ1) is 10.2. The van der Waals surface area contributed by atoms with Crippen molar-refractivity contribution in [2.24, 2.45) is 0 Å². The summed E-state index contributed by atoms with van der Waals surface area (Å²) in [6.45, 7) is 0.297. The van der Waals surface area contributed by atoms with Crippen LogP contribution in [0.15, 0.2) is 41.1 Å². The Balaban J connectivity index is 1.88. The third-order valence-electron chi connectivity index (χ3n) is 3.16. The average Bonchev–Trinajstić information content (AvgIpc) is 3.05. The Morgan fingerprint density at radius 1 is 1.29 bits per heavy atom. The minimum absolute atomic E-state index is 0.143. The Morgan fingerprint density at radius 3 is 2.67 bits per heavy atom. The van der Waals surface area contributed by atoms with Crippen LogP contribution in [0.1, 0.15) is 16.8 Å².